The van der Waals surface area contributed by atoms with E-state index in [1.165, 1.54) is 32.1 Å². The van der Waals surface area contributed by atoms with E-state index in [0.29, 0.717) is 0 Å². The first-order chi connectivity index (χ1) is 13.2. The van der Waals surface area contributed by atoms with E-state index in [1.807, 2.05) is 23.0 Å². The molecule has 0 spiro atoms. The first kappa shape index (κ1) is 19.6. The topological polar surface area (TPSA) is 71.4 Å². The Morgan fingerprint density at radius 1 is 1.11 bits per heavy atom. The molecule has 6 nitrogen and oxygen atoms in total. The average Bonchev–Trinajstić information content (AvgIpc) is 3.32. The number of aromatic nitrogens is 5. The number of H-pyrrole nitrogens is 1. The van der Waals surface area contributed by atoms with Gasteiger partial charge >= 0.3 is 0 Å². The van der Waals surface area contributed by atoms with Crippen molar-refractivity contribution in [1.29, 1.82) is 0 Å². The monoisotopic (exact) mass is 430 g/mol. The van der Waals surface area contributed by atoms with Crippen molar-refractivity contribution in [3.8, 4) is 11.3 Å². The van der Waals surface area contributed by atoms with Gasteiger partial charge in [-0.25, -0.2) is 4.98 Å². The van der Waals surface area contributed by atoms with Crippen LogP contribution in [-0.4, -0.2) is 31.5 Å². The number of anilines is 1. The summed E-state index contributed by atoms with van der Waals surface area (Å²) in [7, 11) is 0. The number of hydrogen-bond donors (Lipinski definition) is 2. The highest BCUT2D eigenvalue weighted by Crippen LogP contribution is 2.20. The Balaban J connectivity index is 1.40. The zero-order valence-electron chi connectivity index (χ0n) is 15.8. The molecule has 7 heteroatoms. The third kappa shape index (κ3) is 6.20. The number of benzene rings is 1. The Morgan fingerprint density at radius 3 is 2.74 bits per heavy atom. The zero-order valence-corrected chi connectivity index (χ0v) is 17.4. The van der Waals surface area contributed by atoms with E-state index >= 15 is 0 Å². The Kier molecular flexibility index (Phi) is 7.45. The van der Waals surface area contributed by atoms with Gasteiger partial charge in [-0.1, -0.05) is 65.9 Å². The van der Waals surface area contributed by atoms with Gasteiger partial charge in [0, 0.05) is 17.2 Å². The fourth-order valence-corrected chi connectivity index (χ4v) is 3.21. The fraction of sp³-hybridized carbons (Fsp3) is 0.450. The summed E-state index contributed by atoms with van der Waals surface area (Å²) in [6.07, 6.45) is 11.3. The second-order valence-corrected chi connectivity index (χ2v) is 7.63. The molecule has 3 aromatic rings. The van der Waals surface area contributed by atoms with Crippen molar-refractivity contribution >= 4 is 21.9 Å². The van der Waals surface area contributed by atoms with Crippen molar-refractivity contribution in [2.75, 3.05) is 11.9 Å². The molecule has 2 heterocycles. The van der Waals surface area contributed by atoms with Gasteiger partial charge < -0.3 is 10.3 Å². The SMILES string of the molecule is CCCCCCCc1cn(CCNc2ncc(-c3ccc(Br)cc3)[nH]2)nn1. The van der Waals surface area contributed by atoms with Gasteiger partial charge in [-0.3, -0.25) is 4.68 Å². The summed E-state index contributed by atoms with van der Waals surface area (Å²) in [5.41, 5.74) is 3.19. The molecule has 3 rings (SSSR count). The molecule has 0 aliphatic heterocycles. The molecule has 144 valence electrons. The van der Waals surface area contributed by atoms with Crippen LogP contribution in [-0.2, 0) is 13.0 Å². The Labute approximate surface area is 168 Å². The maximum absolute atomic E-state index is 4.39. The molecular formula is C20H27BrN6. The number of aromatic amines is 1. The second-order valence-electron chi connectivity index (χ2n) is 6.72. The number of rotatable bonds is 11. The number of nitrogens with zero attached hydrogens (tertiary/aromatic N) is 4. The quantitative estimate of drug-likeness (QED) is 0.417. The third-order valence-electron chi connectivity index (χ3n) is 4.49. The first-order valence-electron chi connectivity index (χ1n) is 9.68. The van der Waals surface area contributed by atoms with Crippen LogP contribution in [0, 0.1) is 0 Å². The Hall–Kier alpha value is -2.15. The molecule has 2 aromatic heterocycles. The summed E-state index contributed by atoms with van der Waals surface area (Å²) in [6, 6.07) is 8.16. The van der Waals surface area contributed by atoms with Crippen LogP contribution in [0.5, 0.6) is 0 Å². The summed E-state index contributed by atoms with van der Waals surface area (Å²) in [6.45, 7) is 3.74. The molecule has 0 aliphatic carbocycles. The Bertz CT molecular complexity index is 808. The summed E-state index contributed by atoms with van der Waals surface area (Å²) in [5.74, 6) is 0.768. The standard InChI is InChI=1S/C20H27BrN6/c1-2-3-4-5-6-7-18-15-27(26-25-18)13-12-22-20-23-14-19(24-20)16-8-10-17(21)11-9-16/h8-11,14-15H,2-7,12-13H2,1H3,(H2,22,23,24). The molecule has 0 saturated carbocycles. The smallest absolute Gasteiger partial charge is 0.200 e. The number of halogens is 1. The number of unbranched alkanes of at least 4 members (excludes halogenated alkanes) is 4. The molecule has 0 fully saturated rings. The molecular weight excluding hydrogens is 404 g/mol. The average molecular weight is 431 g/mol. The van der Waals surface area contributed by atoms with Crippen molar-refractivity contribution < 1.29 is 0 Å². The summed E-state index contributed by atoms with van der Waals surface area (Å²) >= 11 is 3.45. The third-order valence-corrected chi connectivity index (χ3v) is 5.02. The number of aryl methyl sites for hydroxylation is 1. The van der Waals surface area contributed by atoms with Gasteiger partial charge in [-0.2, -0.15) is 0 Å². The van der Waals surface area contributed by atoms with Crippen LogP contribution < -0.4 is 5.32 Å². The number of nitrogens with one attached hydrogen (secondary N) is 2. The highest BCUT2D eigenvalue weighted by molar-refractivity contribution is 9.10. The van der Waals surface area contributed by atoms with Crippen LogP contribution in [0.1, 0.15) is 44.7 Å². The van der Waals surface area contributed by atoms with Gasteiger partial charge in [0.05, 0.1) is 24.1 Å². The number of imidazole rings is 1. The maximum atomic E-state index is 4.39. The maximum Gasteiger partial charge on any atom is 0.200 e. The van der Waals surface area contributed by atoms with Crippen molar-refractivity contribution in [2.24, 2.45) is 0 Å². The van der Waals surface area contributed by atoms with E-state index in [-0.39, 0.29) is 0 Å². The highest BCUT2D eigenvalue weighted by atomic mass is 79.9. The van der Waals surface area contributed by atoms with E-state index in [0.717, 1.165) is 46.9 Å². The lowest BCUT2D eigenvalue weighted by Gasteiger charge is -2.03. The molecule has 0 saturated heterocycles. The van der Waals surface area contributed by atoms with Gasteiger partial charge in [0.25, 0.3) is 0 Å². The molecule has 0 radical (unpaired) electrons. The molecule has 0 aliphatic rings. The van der Waals surface area contributed by atoms with E-state index in [1.54, 1.807) is 0 Å². The van der Waals surface area contributed by atoms with Gasteiger partial charge in [0.1, 0.15) is 0 Å². The largest absolute Gasteiger partial charge is 0.354 e. The molecule has 0 atom stereocenters. The summed E-state index contributed by atoms with van der Waals surface area (Å²) in [4.78, 5) is 7.69. The van der Waals surface area contributed by atoms with Gasteiger partial charge in [0.2, 0.25) is 5.95 Å². The lowest BCUT2D eigenvalue weighted by atomic mass is 10.1. The van der Waals surface area contributed by atoms with Crippen molar-refractivity contribution in [3.05, 3.63) is 46.8 Å². The van der Waals surface area contributed by atoms with E-state index in [4.69, 9.17) is 0 Å². The lowest BCUT2D eigenvalue weighted by Crippen LogP contribution is -2.11. The van der Waals surface area contributed by atoms with Crippen molar-refractivity contribution in [1.82, 2.24) is 25.0 Å². The molecule has 1 aromatic carbocycles. The van der Waals surface area contributed by atoms with Crippen LogP contribution in [0.4, 0.5) is 5.95 Å². The molecule has 0 bridgehead atoms. The number of hydrogen-bond acceptors (Lipinski definition) is 4. The van der Waals surface area contributed by atoms with E-state index in [9.17, 15) is 0 Å². The van der Waals surface area contributed by atoms with Crippen LogP contribution in [0.3, 0.4) is 0 Å². The predicted molar refractivity (Wildman–Crippen MR) is 113 cm³/mol. The van der Waals surface area contributed by atoms with Crippen molar-refractivity contribution in [2.45, 2.75) is 52.0 Å². The first-order valence-corrected chi connectivity index (χ1v) is 10.5. The Morgan fingerprint density at radius 2 is 1.93 bits per heavy atom. The molecule has 0 unspecified atom stereocenters. The summed E-state index contributed by atoms with van der Waals surface area (Å²) < 4.78 is 2.96. The molecule has 2 N–H and O–H groups in total. The van der Waals surface area contributed by atoms with Gasteiger partial charge in [-0.15, -0.1) is 5.10 Å². The lowest BCUT2D eigenvalue weighted by molar-refractivity contribution is 0.607. The zero-order chi connectivity index (χ0) is 18.9. The van der Waals surface area contributed by atoms with Crippen LogP contribution in [0.15, 0.2) is 41.1 Å². The normalized spacial score (nSPS) is 11.0. The van der Waals surface area contributed by atoms with Crippen LogP contribution >= 0.6 is 15.9 Å². The highest BCUT2D eigenvalue weighted by Gasteiger charge is 2.04. The van der Waals surface area contributed by atoms with Crippen LogP contribution in [0.25, 0.3) is 11.3 Å². The fourth-order valence-electron chi connectivity index (χ4n) is 2.95. The van der Waals surface area contributed by atoms with Crippen molar-refractivity contribution in [3.63, 3.8) is 0 Å². The van der Waals surface area contributed by atoms with Gasteiger partial charge in [-0.05, 0) is 30.5 Å². The molecule has 0 amide bonds. The second kappa shape index (κ2) is 10.3. The van der Waals surface area contributed by atoms with E-state index in [2.05, 4.69) is 66.8 Å². The minimum atomic E-state index is 0.743. The van der Waals surface area contributed by atoms with Gasteiger partial charge in [0.15, 0.2) is 0 Å². The predicted octanol–water partition coefficient (Wildman–Crippen LogP) is 5.06. The minimum Gasteiger partial charge on any atom is -0.354 e. The van der Waals surface area contributed by atoms with E-state index < -0.39 is 0 Å². The van der Waals surface area contributed by atoms with Crippen LogP contribution in [0.2, 0.25) is 0 Å². The molecule has 27 heavy (non-hydrogen) atoms. The minimum absolute atomic E-state index is 0.743. The summed E-state index contributed by atoms with van der Waals surface area (Å²) in [5, 5.41) is 11.8.